The molecule has 0 aliphatic heterocycles. The van der Waals surface area contributed by atoms with Gasteiger partial charge in [-0.3, -0.25) is 9.59 Å². The van der Waals surface area contributed by atoms with Crippen LogP contribution in [0.5, 0.6) is 0 Å². The predicted molar refractivity (Wildman–Crippen MR) is 120 cm³/mol. The molecule has 30 heavy (non-hydrogen) atoms. The number of carbonyl (C=O) groups is 2. The smallest absolute Gasteiger partial charge is 0.251 e. The molecule has 0 unspecified atom stereocenters. The minimum Gasteiger partial charge on any atom is -0.368 e. The Morgan fingerprint density at radius 2 is 1.37 bits per heavy atom. The molecule has 4 aromatic rings. The lowest BCUT2D eigenvalue weighted by Gasteiger charge is -2.16. The third kappa shape index (κ3) is 4.39. The minimum atomic E-state index is -0.764. The molecular weight excluding hydrogens is 372 g/mol. The molecule has 0 aliphatic rings. The molecule has 4 nitrogen and oxygen atoms in total. The first-order valence-electron chi connectivity index (χ1n) is 9.83. The van der Waals surface area contributed by atoms with Crippen molar-refractivity contribution in [3.8, 4) is 11.1 Å². The van der Waals surface area contributed by atoms with Gasteiger partial charge in [-0.05, 0) is 45.7 Å². The number of primary amides is 1. The van der Waals surface area contributed by atoms with Crippen LogP contribution in [0.3, 0.4) is 0 Å². The largest absolute Gasteiger partial charge is 0.368 e. The number of hydrogen-bond donors (Lipinski definition) is 2. The van der Waals surface area contributed by atoms with Crippen LogP contribution >= 0.6 is 0 Å². The molecule has 0 saturated heterocycles. The summed E-state index contributed by atoms with van der Waals surface area (Å²) < 4.78 is 0. The summed E-state index contributed by atoms with van der Waals surface area (Å²) >= 11 is 0. The molecule has 0 fully saturated rings. The first-order chi connectivity index (χ1) is 14.6. The summed E-state index contributed by atoms with van der Waals surface area (Å²) in [5.41, 5.74) is 9.03. The van der Waals surface area contributed by atoms with Gasteiger partial charge >= 0.3 is 0 Å². The van der Waals surface area contributed by atoms with E-state index < -0.39 is 11.9 Å². The molecule has 2 amide bonds. The van der Waals surface area contributed by atoms with Gasteiger partial charge in [-0.2, -0.15) is 0 Å². The van der Waals surface area contributed by atoms with Crippen molar-refractivity contribution in [2.24, 2.45) is 5.73 Å². The van der Waals surface area contributed by atoms with Crippen molar-refractivity contribution < 1.29 is 9.59 Å². The molecule has 0 aliphatic carbocycles. The van der Waals surface area contributed by atoms with E-state index in [1.165, 1.54) is 10.8 Å². The van der Waals surface area contributed by atoms with Crippen molar-refractivity contribution in [3.05, 3.63) is 108 Å². The molecule has 4 aromatic carbocycles. The molecule has 4 rings (SSSR count). The first kappa shape index (κ1) is 19.4. The SMILES string of the molecule is NC(=O)[C@H](Cc1ccccc1)NC(=O)c1ccc(-c2ccc3ccccc3c2)cc1. The van der Waals surface area contributed by atoms with Crippen LogP contribution in [0.2, 0.25) is 0 Å². The van der Waals surface area contributed by atoms with Gasteiger partial charge in [0, 0.05) is 12.0 Å². The quantitative estimate of drug-likeness (QED) is 0.511. The van der Waals surface area contributed by atoms with Crippen LogP contribution in [0.1, 0.15) is 15.9 Å². The van der Waals surface area contributed by atoms with Crippen LogP contribution < -0.4 is 11.1 Å². The highest BCUT2D eigenvalue weighted by molar-refractivity contribution is 5.98. The Morgan fingerprint density at radius 1 is 0.733 bits per heavy atom. The van der Waals surface area contributed by atoms with E-state index >= 15 is 0 Å². The van der Waals surface area contributed by atoms with E-state index in [1.54, 1.807) is 12.1 Å². The minimum absolute atomic E-state index is 0.320. The standard InChI is InChI=1S/C26H22N2O2/c27-25(29)24(16-18-6-2-1-3-7-18)28-26(30)21-13-10-20(11-14-21)23-15-12-19-8-4-5-9-22(19)17-23/h1-15,17,24H,16H2,(H2,27,29)(H,28,30)/t24-/m0/s1. The number of hydrogen-bond acceptors (Lipinski definition) is 2. The predicted octanol–water partition coefficient (Wildman–Crippen LogP) is 4.33. The number of nitrogens with one attached hydrogen (secondary N) is 1. The monoisotopic (exact) mass is 394 g/mol. The molecule has 3 N–H and O–H groups in total. The fraction of sp³-hybridized carbons (Fsp3) is 0.0769. The summed E-state index contributed by atoms with van der Waals surface area (Å²) in [6.45, 7) is 0. The van der Waals surface area contributed by atoms with Crippen LogP contribution in [0.15, 0.2) is 97.1 Å². The molecule has 0 saturated carbocycles. The van der Waals surface area contributed by atoms with Crippen LogP contribution in [0.4, 0.5) is 0 Å². The zero-order chi connectivity index (χ0) is 20.9. The second-order valence-corrected chi connectivity index (χ2v) is 7.26. The maximum absolute atomic E-state index is 12.7. The second-order valence-electron chi connectivity index (χ2n) is 7.26. The second kappa shape index (κ2) is 8.62. The Morgan fingerprint density at radius 3 is 2.07 bits per heavy atom. The lowest BCUT2D eigenvalue weighted by atomic mass is 10.00. The normalized spacial score (nSPS) is 11.7. The lowest BCUT2D eigenvalue weighted by molar-refractivity contribution is -0.119. The highest BCUT2D eigenvalue weighted by Gasteiger charge is 2.19. The fourth-order valence-corrected chi connectivity index (χ4v) is 3.50. The average Bonchev–Trinajstić information content (AvgIpc) is 2.79. The van der Waals surface area contributed by atoms with Crippen LogP contribution in [-0.4, -0.2) is 17.9 Å². The number of nitrogens with two attached hydrogens (primary N) is 1. The highest BCUT2D eigenvalue weighted by Crippen LogP contribution is 2.24. The van der Waals surface area contributed by atoms with Crippen molar-refractivity contribution in [1.29, 1.82) is 0 Å². The van der Waals surface area contributed by atoms with E-state index in [0.717, 1.165) is 16.7 Å². The molecule has 0 aromatic heterocycles. The Balaban J connectivity index is 1.49. The highest BCUT2D eigenvalue weighted by atomic mass is 16.2. The molecule has 148 valence electrons. The van der Waals surface area contributed by atoms with Crippen molar-refractivity contribution in [1.82, 2.24) is 5.32 Å². The Kier molecular flexibility index (Phi) is 5.57. The van der Waals surface area contributed by atoms with Gasteiger partial charge < -0.3 is 11.1 Å². The average molecular weight is 394 g/mol. The van der Waals surface area contributed by atoms with Gasteiger partial charge in [-0.1, -0.05) is 78.9 Å². The third-order valence-electron chi connectivity index (χ3n) is 5.16. The molecule has 0 radical (unpaired) electrons. The molecule has 1 atom stereocenters. The van der Waals surface area contributed by atoms with Crippen molar-refractivity contribution >= 4 is 22.6 Å². The van der Waals surface area contributed by atoms with Gasteiger partial charge in [0.05, 0.1) is 0 Å². The number of rotatable bonds is 6. The zero-order valence-corrected chi connectivity index (χ0v) is 16.4. The van der Waals surface area contributed by atoms with Crippen LogP contribution in [0, 0.1) is 0 Å². The molecule has 0 bridgehead atoms. The number of carbonyl (C=O) groups excluding carboxylic acids is 2. The van der Waals surface area contributed by atoms with Gasteiger partial charge in [0.25, 0.3) is 5.91 Å². The van der Waals surface area contributed by atoms with E-state index in [9.17, 15) is 9.59 Å². The number of amides is 2. The maximum Gasteiger partial charge on any atom is 0.251 e. The summed E-state index contributed by atoms with van der Waals surface area (Å²) in [5.74, 6) is -0.875. The molecule has 0 heterocycles. The van der Waals surface area contributed by atoms with Gasteiger partial charge in [0.15, 0.2) is 0 Å². The molecule has 0 spiro atoms. The fourth-order valence-electron chi connectivity index (χ4n) is 3.50. The zero-order valence-electron chi connectivity index (χ0n) is 16.4. The maximum atomic E-state index is 12.7. The Bertz CT molecular complexity index is 1180. The van der Waals surface area contributed by atoms with Crippen LogP contribution in [0.25, 0.3) is 21.9 Å². The molecular formula is C26H22N2O2. The Hall–Kier alpha value is -3.92. The van der Waals surface area contributed by atoms with E-state index in [-0.39, 0.29) is 5.91 Å². The van der Waals surface area contributed by atoms with E-state index in [1.807, 2.05) is 54.6 Å². The van der Waals surface area contributed by atoms with Crippen molar-refractivity contribution in [3.63, 3.8) is 0 Å². The van der Waals surface area contributed by atoms with Gasteiger partial charge in [-0.15, -0.1) is 0 Å². The van der Waals surface area contributed by atoms with Gasteiger partial charge in [-0.25, -0.2) is 0 Å². The molecule has 4 heteroatoms. The lowest BCUT2D eigenvalue weighted by Crippen LogP contribution is -2.45. The number of fused-ring (bicyclic) bond motifs is 1. The summed E-state index contributed by atoms with van der Waals surface area (Å²) in [5, 5.41) is 5.11. The van der Waals surface area contributed by atoms with E-state index in [2.05, 4.69) is 35.6 Å². The summed E-state index contributed by atoms with van der Waals surface area (Å²) in [4.78, 5) is 24.5. The summed E-state index contributed by atoms with van der Waals surface area (Å²) in [6, 6.07) is 30.6. The van der Waals surface area contributed by atoms with E-state index in [0.29, 0.717) is 12.0 Å². The van der Waals surface area contributed by atoms with Gasteiger partial charge in [0.1, 0.15) is 6.04 Å². The summed E-state index contributed by atoms with van der Waals surface area (Å²) in [7, 11) is 0. The first-order valence-corrected chi connectivity index (χ1v) is 9.83. The van der Waals surface area contributed by atoms with Crippen LogP contribution in [-0.2, 0) is 11.2 Å². The van der Waals surface area contributed by atoms with Crippen molar-refractivity contribution in [2.45, 2.75) is 12.5 Å². The topological polar surface area (TPSA) is 72.2 Å². The third-order valence-corrected chi connectivity index (χ3v) is 5.16. The Labute approximate surface area is 175 Å². The summed E-state index contributed by atoms with van der Waals surface area (Å²) in [6.07, 6.45) is 0.358. The van der Waals surface area contributed by atoms with Gasteiger partial charge in [0.2, 0.25) is 5.91 Å². The van der Waals surface area contributed by atoms with E-state index in [4.69, 9.17) is 5.73 Å². The van der Waals surface area contributed by atoms with Crippen molar-refractivity contribution in [2.75, 3.05) is 0 Å². The number of benzene rings is 4.